The van der Waals surface area contributed by atoms with E-state index in [4.69, 9.17) is 14.2 Å². The third-order valence-corrected chi connectivity index (χ3v) is 4.52. The maximum Gasteiger partial charge on any atom is 0.146 e. The second-order valence-electron chi connectivity index (χ2n) is 6.64. The van der Waals surface area contributed by atoms with Crippen LogP contribution < -0.4 is 0 Å². The van der Waals surface area contributed by atoms with Crippen LogP contribution in [-0.4, -0.2) is 47.5 Å². The van der Waals surface area contributed by atoms with Gasteiger partial charge >= 0.3 is 0 Å². The van der Waals surface area contributed by atoms with E-state index in [-0.39, 0.29) is 17.6 Å². The molecule has 0 saturated carbocycles. The SMILES string of the molecule is C=CCOC(C(Cc1ccccc1)n1cncn1)C1(C)COCOC1. The van der Waals surface area contributed by atoms with E-state index >= 15 is 0 Å². The highest BCUT2D eigenvalue weighted by atomic mass is 16.7. The highest BCUT2D eigenvalue weighted by molar-refractivity contribution is 5.16. The molecule has 6 nitrogen and oxygen atoms in total. The largest absolute Gasteiger partial charge is 0.371 e. The van der Waals surface area contributed by atoms with E-state index in [2.05, 4.69) is 35.7 Å². The van der Waals surface area contributed by atoms with E-state index in [9.17, 15) is 0 Å². The first-order chi connectivity index (χ1) is 12.2. The molecule has 0 bridgehead atoms. The number of rotatable bonds is 8. The lowest BCUT2D eigenvalue weighted by atomic mass is 9.79. The molecule has 25 heavy (non-hydrogen) atoms. The molecule has 1 saturated heterocycles. The zero-order chi connectivity index (χ0) is 17.5. The van der Waals surface area contributed by atoms with Crippen molar-refractivity contribution in [3.05, 3.63) is 61.2 Å². The van der Waals surface area contributed by atoms with E-state index in [0.29, 0.717) is 26.6 Å². The average molecular weight is 343 g/mol. The van der Waals surface area contributed by atoms with Gasteiger partial charge in [0.25, 0.3) is 0 Å². The van der Waals surface area contributed by atoms with Crippen molar-refractivity contribution in [2.75, 3.05) is 26.6 Å². The number of benzene rings is 1. The number of nitrogens with zero attached hydrogens (tertiary/aromatic N) is 3. The Hall–Kier alpha value is -2.02. The number of hydrogen-bond acceptors (Lipinski definition) is 5. The Balaban J connectivity index is 1.92. The first kappa shape index (κ1) is 17.8. The maximum atomic E-state index is 6.23. The lowest BCUT2D eigenvalue weighted by Crippen LogP contribution is -2.50. The third kappa shape index (κ3) is 4.34. The van der Waals surface area contributed by atoms with Crippen molar-refractivity contribution in [2.24, 2.45) is 5.41 Å². The van der Waals surface area contributed by atoms with E-state index in [1.807, 2.05) is 22.9 Å². The summed E-state index contributed by atoms with van der Waals surface area (Å²) in [7, 11) is 0. The monoisotopic (exact) mass is 343 g/mol. The van der Waals surface area contributed by atoms with E-state index in [1.165, 1.54) is 5.56 Å². The molecule has 134 valence electrons. The van der Waals surface area contributed by atoms with Gasteiger partial charge in [0.15, 0.2) is 0 Å². The van der Waals surface area contributed by atoms with Crippen molar-refractivity contribution in [3.63, 3.8) is 0 Å². The number of ether oxygens (including phenoxy) is 3. The van der Waals surface area contributed by atoms with Gasteiger partial charge in [-0.3, -0.25) is 0 Å². The van der Waals surface area contributed by atoms with Crippen LogP contribution in [0, 0.1) is 5.41 Å². The lowest BCUT2D eigenvalue weighted by molar-refractivity contribution is -0.204. The Bertz CT molecular complexity index is 639. The molecule has 1 aromatic carbocycles. The normalized spacial score (nSPS) is 19.2. The fraction of sp³-hybridized carbons (Fsp3) is 0.474. The summed E-state index contributed by atoms with van der Waals surface area (Å²) < 4.78 is 19.3. The van der Waals surface area contributed by atoms with E-state index < -0.39 is 0 Å². The van der Waals surface area contributed by atoms with Crippen LogP contribution >= 0.6 is 0 Å². The summed E-state index contributed by atoms with van der Waals surface area (Å²) in [6.45, 7) is 7.86. The highest BCUT2D eigenvalue weighted by Gasteiger charge is 2.43. The highest BCUT2D eigenvalue weighted by Crippen LogP contribution is 2.36. The standard InChI is InChI=1S/C19H25N3O3/c1-3-9-25-18(19(2)11-23-15-24-12-19)17(22-14-20-13-21-22)10-16-7-5-4-6-8-16/h3-8,13-14,17-18H,1,9-12,15H2,2H3. The first-order valence-corrected chi connectivity index (χ1v) is 8.49. The van der Waals surface area contributed by atoms with Crippen molar-refractivity contribution in [2.45, 2.75) is 25.5 Å². The van der Waals surface area contributed by atoms with Gasteiger partial charge in [-0.15, -0.1) is 6.58 Å². The molecule has 2 unspecified atom stereocenters. The van der Waals surface area contributed by atoms with Crippen molar-refractivity contribution >= 4 is 0 Å². The van der Waals surface area contributed by atoms with Crippen LogP contribution in [0.25, 0.3) is 0 Å². The fourth-order valence-electron chi connectivity index (χ4n) is 3.35. The van der Waals surface area contributed by atoms with Crippen LogP contribution in [0.5, 0.6) is 0 Å². The molecule has 1 aromatic heterocycles. The van der Waals surface area contributed by atoms with Crippen molar-refractivity contribution < 1.29 is 14.2 Å². The minimum absolute atomic E-state index is 0.0276. The van der Waals surface area contributed by atoms with Crippen molar-refractivity contribution in [1.82, 2.24) is 14.8 Å². The Morgan fingerprint density at radius 1 is 1.32 bits per heavy atom. The molecule has 2 atom stereocenters. The molecular weight excluding hydrogens is 318 g/mol. The summed E-state index contributed by atoms with van der Waals surface area (Å²) >= 11 is 0. The Labute approximate surface area is 148 Å². The van der Waals surface area contributed by atoms with Gasteiger partial charge in [-0.2, -0.15) is 5.10 Å². The molecule has 6 heteroatoms. The second-order valence-corrected chi connectivity index (χ2v) is 6.64. The molecule has 1 fully saturated rings. The summed E-state index contributed by atoms with van der Waals surface area (Å²) in [5, 5.41) is 4.39. The van der Waals surface area contributed by atoms with E-state index in [0.717, 1.165) is 6.42 Å². The molecule has 3 rings (SSSR count). The van der Waals surface area contributed by atoms with Gasteiger partial charge in [0.05, 0.1) is 32.0 Å². The molecule has 0 amide bonds. The average Bonchev–Trinajstić information content (AvgIpc) is 3.17. The summed E-state index contributed by atoms with van der Waals surface area (Å²) in [6, 6.07) is 10.3. The first-order valence-electron chi connectivity index (χ1n) is 8.49. The third-order valence-electron chi connectivity index (χ3n) is 4.52. The Morgan fingerprint density at radius 2 is 2.08 bits per heavy atom. The number of aromatic nitrogens is 3. The van der Waals surface area contributed by atoms with Gasteiger partial charge in [0.2, 0.25) is 0 Å². The number of hydrogen-bond donors (Lipinski definition) is 0. The molecule has 0 radical (unpaired) electrons. The van der Waals surface area contributed by atoms with Crippen LogP contribution in [0.4, 0.5) is 0 Å². The van der Waals surface area contributed by atoms with Gasteiger partial charge in [0, 0.05) is 5.41 Å². The zero-order valence-corrected chi connectivity index (χ0v) is 14.6. The summed E-state index contributed by atoms with van der Waals surface area (Å²) in [4.78, 5) is 4.13. The molecule has 1 aliphatic heterocycles. The van der Waals surface area contributed by atoms with Gasteiger partial charge in [-0.05, 0) is 12.0 Å². The quantitative estimate of drug-likeness (QED) is 0.690. The molecule has 0 N–H and O–H groups in total. The lowest BCUT2D eigenvalue weighted by Gasteiger charge is -2.43. The molecule has 2 aromatic rings. The topological polar surface area (TPSA) is 58.4 Å². The van der Waals surface area contributed by atoms with Crippen LogP contribution in [0.2, 0.25) is 0 Å². The Kier molecular flexibility index (Phi) is 5.96. The van der Waals surface area contributed by atoms with Crippen molar-refractivity contribution in [1.29, 1.82) is 0 Å². The minimum Gasteiger partial charge on any atom is -0.371 e. The van der Waals surface area contributed by atoms with Crippen molar-refractivity contribution in [3.8, 4) is 0 Å². The minimum atomic E-state index is -0.285. The van der Waals surface area contributed by atoms with Crippen LogP contribution in [-0.2, 0) is 20.6 Å². The fourth-order valence-corrected chi connectivity index (χ4v) is 3.35. The van der Waals surface area contributed by atoms with Crippen LogP contribution in [0.15, 0.2) is 55.6 Å². The summed E-state index contributed by atoms with van der Waals surface area (Å²) in [5.41, 5.74) is 0.934. The predicted octanol–water partition coefficient (Wildman–Crippen LogP) is 2.64. The predicted molar refractivity (Wildman–Crippen MR) is 94.0 cm³/mol. The second kappa shape index (κ2) is 8.38. The molecule has 0 spiro atoms. The van der Waals surface area contributed by atoms with Crippen LogP contribution in [0.3, 0.4) is 0 Å². The molecular formula is C19H25N3O3. The maximum absolute atomic E-state index is 6.23. The van der Waals surface area contributed by atoms with Gasteiger partial charge < -0.3 is 14.2 Å². The molecule has 2 heterocycles. The summed E-state index contributed by atoms with van der Waals surface area (Å²) in [6.07, 6.45) is 5.68. The van der Waals surface area contributed by atoms with Gasteiger partial charge in [-0.1, -0.05) is 43.3 Å². The van der Waals surface area contributed by atoms with E-state index in [1.54, 1.807) is 18.7 Å². The molecule has 0 aliphatic carbocycles. The Morgan fingerprint density at radius 3 is 2.72 bits per heavy atom. The van der Waals surface area contributed by atoms with Gasteiger partial charge in [0.1, 0.15) is 19.4 Å². The van der Waals surface area contributed by atoms with Crippen LogP contribution in [0.1, 0.15) is 18.5 Å². The zero-order valence-electron chi connectivity index (χ0n) is 14.6. The smallest absolute Gasteiger partial charge is 0.146 e. The molecule has 1 aliphatic rings. The van der Waals surface area contributed by atoms with Gasteiger partial charge in [-0.25, -0.2) is 9.67 Å². The summed E-state index contributed by atoms with van der Waals surface area (Å²) in [5.74, 6) is 0.